The second kappa shape index (κ2) is 6.01. The Morgan fingerprint density at radius 3 is 2.50 bits per heavy atom. The van der Waals surface area contributed by atoms with Crippen LogP contribution in [0.15, 0.2) is 30.3 Å². The first-order valence-electron chi connectivity index (χ1n) is 6.84. The maximum Gasteiger partial charge on any atom is 0.275 e. The number of rotatable bonds is 4. The number of carbonyl (C=O) groups is 1. The summed E-state index contributed by atoms with van der Waals surface area (Å²) in [6.07, 6.45) is 3.56. The highest BCUT2D eigenvalue weighted by molar-refractivity contribution is 5.77. The van der Waals surface area contributed by atoms with Gasteiger partial charge in [0.1, 0.15) is 0 Å². The van der Waals surface area contributed by atoms with E-state index in [2.05, 4.69) is 30.3 Å². The van der Waals surface area contributed by atoms with Gasteiger partial charge in [-0.25, -0.2) is 0 Å². The van der Waals surface area contributed by atoms with Crippen molar-refractivity contribution in [2.45, 2.75) is 32.2 Å². The van der Waals surface area contributed by atoms with Crippen LogP contribution in [0, 0.1) is 5.92 Å². The number of amides is 1. The molecule has 3 heteroatoms. The van der Waals surface area contributed by atoms with E-state index in [0.29, 0.717) is 0 Å². The molecule has 3 nitrogen and oxygen atoms in total. The summed E-state index contributed by atoms with van der Waals surface area (Å²) in [7, 11) is 0. The summed E-state index contributed by atoms with van der Waals surface area (Å²) in [4.78, 5) is 12.5. The van der Waals surface area contributed by atoms with Crippen LogP contribution in [0.25, 0.3) is 0 Å². The number of piperidine rings is 1. The summed E-state index contributed by atoms with van der Waals surface area (Å²) >= 11 is 0. The van der Waals surface area contributed by atoms with Crippen LogP contribution in [0.3, 0.4) is 0 Å². The molecule has 0 unspecified atom stereocenters. The number of hydrogen-bond acceptors (Lipinski definition) is 1. The van der Waals surface area contributed by atoms with Crippen molar-refractivity contribution in [1.82, 2.24) is 0 Å². The predicted molar refractivity (Wildman–Crippen MR) is 72.2 cm³/mol. The average molecular weight is 247 g/mol. The highest BCUT2D eigenvalue weighted by Gasteiger charge is 2.28. The van der Waals surface area contributed by atoms with Crippen LogP contribution in [0.2, 0.25) is 0 Å². The average Bonchev–Trinajstić information content (AvgIpc) is 2.40. The molecular weight excluding hydrogens is 224 g/mol. The number of nitrogens with two attached hydrogens (primary N) is 1. The number of carbonyl (C=O) groups excluding carboxylic acids is 1. The monoisotopic (exact) mass is 247 g/mol. The molecule has 1 aliphatic heterocycles. The van der Waals surface area contributed by atoms with E-state index in [1.165, 1.54) is 29.7 Å². The SMILES string of the molecule is C[C@H](C(N)=O)[NH+]1CCC(Cc2ccccc2)CC1. The molecule has 1 saturated heterocycles. The van der Waals surface area contributed by atoms with E-state index < -0.39 is 0 Å². The van der Waals surface area contributed by atoms with Gasteiger partial charge >= 0.3 is 0 Å². The second-order valence-corrected chi connectivity index (χ2v) is 5.42. The Balaban J connectivity index is 1.82. The standard InChI is InChI=1S/C15H22N2O/c1-12(15(16)18)17-9-7-14(8-10-17)11-13-5-3-2-4-6-13/h2-6,12,14H,7-11H2,1H3,(H2,16,18)/p+1/t12-/m1/s1. The number of likely N-dealkylation sites (tertiary alicyclic amines) is 1. The topological polar surface area (TPSA) is 47.5 Å². The van der Waals surface area contributed by atoms with Gasteiger partial charge in [0.2, 0.25) is 0 Å². The zero-order valence-electron chi connectivity index (χ0n) is 11.1. The minimum Gasteiger partial charge on any atom is -0.365 e. The summed E-state index contributed by atoms with van der Waals surface area (Å²) in [6, 6.07) is 10.6. The third-order valence-electron chi connectivity index (χ3n) is 4.15. The lowest BCUT2D eigenvalue weighted by atomic mass is 9.89. The van der Waals surface area contributed by atoms with Crippen molar-refractivity contribution in [2.24, 2.45) is 11.7 Å². The molecular formula is C15H23N2O+. The van der Waals surface area contributed by atoms with E-state index in [1.54, 1.807) is 0 Å². The third kappa shape index (κ3) is 3.33. The first-order chi connectivity index (χ1) is 8.66. The van der Waals surface area contributed by atoms with Crippen molar-refractivity contribution in [2.75, 3.05) is 13.1 Å². The minimum atomic E-state index is -0.175. The van der Waals surface area contributed by atoms with Crippen LogP contribution in [-0.2, 0) is 11.2 Å². The van der Waals surface area contributed by atoms with Gasteiger partial charge in [0.25, 0.3) is 5.91 Å². The molecule has 0 spiro atoms. The van der Waals surface area contributed by atoms with Gasteiger partial charge < -0.3 is 10.6 Å². The first kappa shape index (κ1) is 13.1. The number of primary amides is 1. The molecule has 1 aliphatic rings. The number of hydrogen-bond donors (Lipinski definition) is 2. The molecule has 0 saturated carbocycles. The number of nitrogens with one attached hydrogen (secondary N) is 1. The quantitative estimate of drug-likeness (QED) is 0.795. The van der Waals surface area contributed by atoms with Gasteiger partial charge in [-0.1, -0.05) is 30.3 Å². The van der Waals surface area contributed by atoms with E-state index in [-0.39, 0.29) is 11.9 Å². The maximum absolute atomic E-state index is 11.2. The zero-order valence-corrected chi connectivity index (χ0v) is 11.1. The Bertz CT molecular complexity index is 383. The van der Waals surface area contributed by atoms with Crippen molar-refractivity contribution >= 4 is 5.91 Å². The number of benzene rings is 1. The van der Waals surface area contributed by atoms with E-state index in [9.17, 15) is 4.79 Å². The summed E-state index contributed by atoms with van der Waals surface area (Å²) in [5.41, 5.74) is 6.79. The first-order valence-corrected chi connectivity index (χ1v) is 6.84. The van der Waals surface area contributed by atoms with Crippen LogP contribution < -0.4 is 10.6 Å². The van der Waals surface area contributed by atoms with Gasteiger partial charge in [0.15, 0.2) is 6.04 Å². The van der Waals surface area contributed by atoms with Gasteiger partial charge in [0, 0.05) is 0 Å². The molecule has 2 rings (SSSR count). The van der Waals surface area contributed by atoms with Crippen molar-refractivity contribution in [1.29, 1.82) is 0 Å². The highest BCUT2D eigenvalue weighted by Crippen LogP contribution is 2.16. The van der Waals surface area contributed by atoms with E-state index in [4.69, 9.17) is 5.73 Å². The summed E-state index contributed by atoms with van der Waals surface area (Å²) in [6.45, 7) is 4.08. The van der Waals surface area contributed by atoms with Crippen molar-refractivity contribution < 1.29 is 9.69 Å². The summed E-state index contributed by atoms with van der Waals surface area (Å²) in [5.74, 6) is 0.586. The van der Waals surface area contributed by atoms with Crippen molar-refractivity contribution in [3.63, 3.8) is 0 Å². The Kier molecular flexibility index (Phi) is 4.37. The van der Waals surface area contributed by atoms with Crippen LogP contribution in [0.4, 0.5) is 0 Å². The fourth-order valence-corrected chi connectivity index (χ4v) is 2.83. The van der Waals surface area contributed by atoms with Crippen LogP contribution in [0.1, 0.15) is 25.3 Å². The third-order valence-corrected chi connectivity index (χ3v) is 4.15. The zero-order chi connectivity index (χ0) is 13.0. The molecule has 98 valence electrons. The van der Waals surface area contributed by atoms with Gasteiger partial charge in [-0.05, 0) is 37.7 Å². The molecule has 1 heterocycles. The molecule has 0 radical (unpaired) electrons. The molecule has 3 N–H and O–H groups in total. The fraction of sp³-hybridized carbons (Fsp3) is 0.533. The van der Waals surface area contributed by atoms with Crippen molar-refractivity contribution in [3.8, 4) is 0 Å². The molecule has 1 fully saturated rings. The molecule has 1 aromatic rings. The molecule has 0 aromatic heterocycles. The maximum atomic E-state index is 11.2. The lowest BCUT2D eigenvalue weighted by Gasteiger charge is -2.32. The van der Waals surface area contributed by atoms with Crippen LogP contribution >= 0.6 is 0 Å². The smallest absolute Gasteiger partial charge is 0.275 e. The number of quaternary nitrogens is 1. The van der Waals surface area contributed by atoms with Gasteiger partial charge in [0.05, 0.1) is 13.1 Å². The highest BCUT2D eigenvalue weighted by atomic mass is 16.1. The Morgan fingerprint density at radius 2 is 1.94 bits per heavy atom. The largest absolute Gasteiger partial charge is 0.365 e. The molecule has 1 amide bonds. The lowest BCUT2D eigenvalue weighted by molar-refractivity contribution is -0.920. The summed E-state index contributed by atoms with van der Waals surface area (Å²) in [5, 5.41) is 0. The van der Waals surface area contributed by atoms with Crippen molar-refractivity contribution in [3.05, 3.63) is 35.9 Å². The molecule has 1 aromatic carbocycles. The molecule has 18 heavy (non-hydrogen) atoms. The molecule has 0 bridgehead atoms. The minimum absolute atomic E-state index is 0.0392. The summed E-state index contributed by atoms with van der Waals surface area (Å²) < 4.78 is 0. The van der Waals surface area contributed by atoms with Gasteiger partial charge in [-0.15, -0.1) is 0 Å². The fourth-order valence-electron chi connectivity index (χ4n) is 2.83. The normalized spacial score (nSPS) is 25.6. The Labute approximate surface area is 109 Å². The Hall–Kier alpha value is -1.35. The molecule has 0 aliphatic carbocycles. The van der Waals surface area contributed by atoms with Crippen LogP contribution in [-0.4, -0.2) is 25.0 Å². The van der Waals surface area contributed by atoms with Crippen LogP contribution in [0.5, 0.6) is 0 Å². The van der Waals surface area contributed by atoms with E-state index in [0.717, 1.165) is 19.0 Å². The predicted octanol–water partition coefficient (Wildman–Crippen LogP) is 0.398. The Morgan fingerprint density at radius 1 is 1.33 bits per heavy atom. The lowest BCUT2D eigenvalue weighted by Crippen LogP contribution is -3.17. The van der Waals surface area contributed by atoms with E-state index >= 15 is 0 Å². The molecule has 1 atom stereocenters. The second-order valence-electron chi connectivity index (χ2n) is 5.42. The van der Waals surface area contributed by atoms with Gasteiger partial charge in [-0.3, -0.25) is 4.79 Å². The van der Waals surface area contributed by atoms with E-state index in [1.807, 2.05) is 6.92 Å². The van der Waals surface area contributed by atoms with Gasteiger partial charge in [-0.2, -0.15) is 0 Å².